The van der Waals surface area contributed by atoms with Crippen LogP contribution in [0.25, 0.3) is 0 Å². The topological polar surface area (TPSA) is 35.5 Å². The van der Waals surface area contributed by atoms with Gasteiger partial charge in [-0.25, -0.2) is 4.79 Å². The molecule has 0 heterocycles. The summed E-state index contributed by atoms with van der Waals surface area (Å²) in [5.74, 6) is -0.302. The molecule has 3 heteroatoms. The number of unbranched alkanes of at least 4 members (excludes halogenated alkanes) is 3. The van der Waals surface area contributed by atoms with Crippen molar-refractivity contribution < 1.29 is 14.3 Å². The molecule has 1 unspecified atom stereocenters. The van der Waals surface area contributed by atoms with Crippen LogP contribution in [0.2, 0.25) is 0 Å². The van der Waals surface area contributed by atoms with Crippen LogP contribution in [-0.2, 0) is 16.1 Å². The molecule has 0 saturated carbocycles. The van der Waals surface area contributed by atoms with Gasteiger partial charge in [0.15, 0.2) is 0 Å². The van der Waals surface area contributed by atoms with Crippen molar-refractivity contribution in [3.8, 4) is 0 Å². The van der Waals surface area contributed by atoms with Crippen LogP contribution in [0.4, 0.5) is 0 Å². The number of rotatable bonds is 10. The molecule has 1 atom stereocenters. The zero-order valence-electron chi connectivity index (χ0n) is 15.2. The van der Waals surface area contributed by atoms with Crippen LogP contribution in [0.3, 0.4) is 0 Å². The molecule has 2 aromatic carbocycles. The number of hydrogen-bond acceptors (Lipinski definition) is 3. The number of ether oxygens (including phenoxy) is 2. The first-order valence-electron chi connectivity index (χ1n) is 9.13. The summed E-state index contributed by atoms with van der Waals surface area (Å²) >= 11 is 0. The standard InChI is InChI=1S/C22H28O3/c1-3-4-5-9-16-24-18(2)20-12-14-21(15-13-20)22(23)25-17-19-10-7-6-8-11-19/h6-8,10-15,18H,3-5,9,16-17H2,1-2H3. The molecular weight excluding hydrogens is 312 g/mol. The molecule has 25 heavy (non-hydrogen) atoms. The fourth-order valence-corrected chi connectivity index (χ4v) is 2.58. The Kier molecular flexibility index (Phi) is 8.20. The van der Waals surface area contributed by atoms with Crippen molar-refractivity contribution in [2.75, 3.05) is 6.61 Å². The second-order valence-electron chi connectivity index (χ2n) is 6.26. The molecule has 0 aromatic heterocycles. The summed E-state index contributed by atoms with van der Waals surface area (Å²) in [6, 6.07) is 17.2. The van der Waals surface area contributed by atoms with Gasteiger partial charge >= 0.3 is 5.97 Å². The second kappa shape index (κ2) is 10.7. The lowest BCUT2D eigenvalue weighted by atomic mass is 10.1. The number of esters is 1. The third-order valence-corrected chi connectivity index (χ3v) is 4.19. The van der Waals surface area contributed by atoms with Gasteiger partial charge in [-0.05, 0) is 36.6 Å². The monoisotopic (exact) mass is 340 g/mol. The quantitative estimate of drug-likeness (QED) is 0.411. The molecule has 0 aliphatic heterocycles. The van der Waals surface area contributed by atoms with Crippen molar-refractivity contribution >= 4 is 5.97 Å². The first kappa shape index (κ1) is 19.2. The van der Waals surface area contributed by atoms with Crippen LogP contribution in [0, 0.1) is 0 Å². The SMILES string of the molecule is CCCCCCOC(C)c1ccc(C(=O)OCc2ccccc2)cc1. The zero-order chi connectivity index (χ0) is 17.9. The molecule has 0 N–H and O–H groups in total. The van der Waals surface area contributed by atoms with E-state index in [1.165, 1.54) is 19.3 Å². The highest BCUT2D eigenvalue weighted by atomic mass is 16.5. The summed E-state index contributed by atoms with van der Waals surface area (Å²) in [6.07, 6.45) is 4.85. The van der Waals surface area contributed by atoms with Crippen LogP contribution >= 0.6 is 0 Å². The summed E-state index contributed by atoms with van der Waals surface area (Å²) in [5, 5.41) is 0. The summed E-state index contributed by atoms with van der Waals surface area (Å²) in [7, 11) is 0. The van der Waals surface area contributed by atoms with E-state index in [1.54, 1.807) is 12.1 Å². The summed E-state index contributed by atoms with van der Waals surface area (Å²) < 4.78 is 11.2. The lowest BCUT2D eigenvalue weighted by Crippen LogP contribution is -2.06. The molecule has 0 bridgehead atoms. The van der Waals surface area contributed by atoms with Crippen molar-refractivity contribution in [3.05, 3.63) is 71.3 Å². The summed E-state index contributed by atoms with van der Waals surface area (Å²) in [6.45, 7) is 5.32. The average molecular weight is 340 g/mol. The third kappa shape index (κ3) is 6.71. The Morgan fingerprint density at radius 2 is 1.68 bits per heavy atom. The molecule has 0 spiro atoms. The Labute approximate surface area is 151 Å². The van der Waals surface area contributed by atoms with Crippen molar-refractivity contribution in [2.45, 2.75) is 52.2 Å². The molecule has 0 saturated heterocycles. The van der Waals surface area contributed by atoms with Crippen LogP contribution < -0.4 is 0 Å². The lowest BCUT2D eigenvalue weighted by Gasteiger charge is -2.14. The first-order chi connectivity index (χ1) is 12.2. The van der Waals surface area contributed by atoms with Gasteiger partial charge in [0.2, 0.25) is 0 Å². The summed E-state index contributed by atoms with van der Waals surface area (Å²) in [5.41, 5.74) is 2.63. The van der Waals surface area contributed by atoms with Crippen molar-refractivity contribution in [3.63, 3.8) is 0 Å². The van der Waals surface area contributed by atoms with E-state index in [2.05, 4.69) is 6.92 Å². The number of carbonyl (C=O) groups is 1. The molecule has 0 aliphatic rings. The molecule has 0 fully saturated rings. The highest BCUT2D eigenvalue weighted by molar-refractivity contribution is 5.89. The fourth-order valence-electron chi connectivity index (χ4n) is 2.58. The predicted molar refractivity (Wildman–Crippen MR) is 101 cm³/mol. The van der Waals surface area contributed by atoms with Gasteiger partial charge < -0.3 is 9.47 Å². The van der Waals surface area contributed by atoms with Crippen LogP contribution in [0.15, 0.2) is 54.6 Å². The third-order valence-electron chi connectivity index (χ3n) is 4.19. The van der Waals surface area contributed by atoms with Crippen molar-refractivity contribution in [1.29, 1.82) is 0 Å². The van der Waals surface area contributed by atoms with E-state index in [-0.39, 0.29) is 12.1 Å². The maximum atomic E-state index is 12.1. The molecule has 0 aliphatic carbocycles. The van der Waals surface area contributed by atoms with E-state index in [0.29, 0.717) is 12.2 Å². The molecule has 134 valence electrons. The minimum absolute atomic E-state index is 0.0380. The molecule has 3 nitrogen and oxygen atoms in total. The van der Waals surface area contributed by atoms with Gasteiger partial charge in [0.1, 0.15) is 6.61 Å². The Morgan fingerprint density at radius 3 is 2.36 bits per heavy atom. The molecule has 0 radical (unpaired) electrons. The smallest absolute Gasteiger partial charge is 0.338 e. The molecule has 2 rings (SSSR count). The Morgan fingerprint density at radius 1 is 0.960 bits per heavy atom. The van der Waals surface area contributed by atoms with Gasteiger partial charge in [-0.2, -0.15) is 0 Å². The minimum Gasteiger partial charge on any atom is -0.457 e. The van der Waals surface area contributed by atoms with E-state index in [4.69, 9.17) is 9.47 Å². The maximum absolute atomic E-state index is 12.1. The Balaban J connectivity index is 1.79. The van der Waals surface area contributed by atoms with E-state index >= 15 is 0 Å². The molecule has 2 aromatic rings. The zero-order valence-corrected chi connectivity index (χ0v) is 15.2. The highest BCUT2D eigenvalue weighted by Crippen LogP contribution is 2.18. The lowest BCUT2D eigenvalue weighted by molar-refractivity contribution is 0.0471. The van der Waals surface area contributed by atoms with Crippen molar-refractivity contribution in [2.24, 2.45) is 0 Å². The largest absolute Gasteiger partial charge is 0.457 e. The predicted octanol–water partition coefficient (Wildman–Crippen LogP) is 5.70. The minimum atomic E-state index is -0.302. The highest BCUT2D eigenvalue weighted by Gasteiger charge is 2.10. The van der Waals surface area contributed by atoms with Crippen LogP contribution in [0.5, 0.6) is 0 Å². The molecule has 0 amide bonds. The van der Waals surface area contributed by atoms with E-state index in [0.717, 1.165) is 24.2 Å². The summed E-state index contributed by atoms with van der Waals surface area (Å²) in [4.78, 5) is 12.1. The molecular formula is C22H28O3. The second-order valence-corrected chi connectivity index (χ2v) is 6.26. The van der Waals surface area contributed by atoms with E-state index in [9.17, 15) is 4.79 Å². The fraction of sp³-hybridized carbons (Fsp3) is 0.409. The van der Waals surface area contributed by atoms with Gasteiger partial charge in [-0.1, -0.05) is 68.7 Å². The maximum Gasteiger partial charge on any atom is 0.338 e. The Bertz CT molecular complexity index is 619. The van der Waals surface area contributed by atoms with Crippen LogP contribution in [0.1, 0.15) is 67.1 Å². The van der Waals surface area contributed by atoms with Gasteiger partial charge in [-0.15, -0.1) is 0 Å². The normalized spacial score (nSPS) is 11.9. The van der Waals surface area contributed by atoms with Crippen LogP contribution in [-0.4, -0.2) is 12.6 Å². The number of hydrogen-bond donors (Lipinski definition) is 0. The number of carbonyl (C=O) groups excluding carboxylic acids is 1. The van der Waals surface area contributed by atoms with E-state index in [1.807, 2.05) is 49.4 Å². The van der Waals surface area contributed by atoms with Gasteiger partial charge in [-0.3, -0.25) is 0 Å². The first-order valence-corrected chi connectivity index (χ1v) is 9.13. The number of benzene rings is 2. The van der Waals surface area contributed by atoms with Gasteiger partial charge in [0, 0.05) is 6.61 Å². The van der Waals surface area contributed by atoms with Crippen molar-refractivity contribution in [1.82, 2.24) is 0 Å². The van der Waals surface area contributed by atoms with E-state index < -0.39 is 0 Å². The average Bonchev–Trinajstić information content (AvgIpc) is 2.66. The van der Waals surface area contributed by atoms with Gasteiger partial charge in [0.05, 0.1) is 11.7 Å². The Hall–Kier alpha value is -2.13. The van der Waals surface area contributed by atoms with Gasteiger partial charge in [0.25, 0.3) is 0 Å².